The number of H-pyrrole nitrogens is 1. The number of benzene rings is 1. The predicted octanol–water partition coefficient (Wildman–Crippen LogP) is 2.80. The Morgan fingerprint density at radius 1 is 1.26 bits per heavy atom. The van der Waals surface area contributed by atoms with Gasteiger partial charge < -0.3 is 5.32 Å². The van der Waals surface area contributed by atoms with Crippen molar-refractivity contribution in [3.8, 4) is 0 Å². The number of carbonyl (C=O) groups is 1. The number of hydrogen-bond donors (Lipinski definition) is 2. The number of aromatic nitrogens is 2. The first-order valence-electron chi connectivity index (χ1n) is 7.00. The SMILES string of the molecule is CCCCCCNC(=O)Cc1[nH]nc2ccccc12. The summed E-state index contributed by atoms with van der Waals surface area (Å²) < 4.78 is 0. The molecule has 1 aromatic carbocycles. The van der Waals surface area contributed by atoms with E-state index in [1.54, 1.807) is 0 Å². The summed E-state index contributed by atoms with van der Waals surface area (Å²) in [4.78, 5) is 11.8. The molecular weight excluding hydrogens is 238 g/mol. The first kappa shape index (κ1) is 13.6. The fourth-order valence-electron chi connectivity index (χ4n) is 2.15. The zero-order valence-electron chi connectivity index (χ0n) is 11.4. The molecule has 0 atom stereocenters. The molecule has 0 aliphatic heterocycles. The lowest BCUT2D eigenvalue weighted by molar-refractivity contribution is -0.120. The molecular formula is C15H21N3O. The summed E-state index contributed by atoms with van der Waals surface area (Å²) in [6.07, 6.45) is 5.07. The van der Waals surface area contributed by atoms with E-state index in [0.717, 1.165) is 29.6 Å². The Morgan fingerprint density at radius 3 is 2.95 bits per heavy atom. The van der Waals surface area contributed by atoms with E-state index in [1.165, 1.54) is 19.3 Å². The second kappa shape index (κ2) is 6.92. The number of carbonyl (C=O) groups excluding carboxylic acids is 1. The van der Waals surface area contributed by atoms with E-state index in [9.17, 15) is 4.79 Å². The van der Waals surface area contributed by atoms with Crippen LogP contribution < -0.4 is 5.32 Å². The summed E-state index contributed by atoms with van der Waals surface area (Å²) in [5.41, 5.74) is 1.80. The average molecular weight is 259 g/mol. The molecule has 0 spiro atoms. The third-order valence-corrected chi connectivity index (χ3v) is 3.23. The van der Waals surface area contributed by atoms with E-state index in [-0.39, 0.29) is 5.91 Å². The number of rotatable bonds is 7. The summed E-state index contributed by atoms with van der Waals surface area (Å²) >= 11 is 0. The van der Waals surface area contributed by atoms with Crippen LogP contribution in [0.1, 0.15) is 38.3 Å². The fraction of sp³-hybridized carbons (Fsp3) is 0.467. The molecule has 19 heavy (non-hydrogen) atoms. The van der Waals surface area contributed by atoms with Gasteiger partial charge in [-0.1, -0.05) is 44.4 Å². The molecule has 0 aliphatic rings. The van der Waals surface area contributed by atoms with Crippen LogP contribution in [0.25, 0.3) is 10.9 Å². The number of aromatic amines is 1. The van der Waals surface area contributed by atoms with E-state index in [1.807, 2.05) is 24.3 Å². The van der Waals surface area contributed by atoms with Gasteiger partial charge in [-0.3, -0.25) is 9.89 Å². The second-order valence-electron chi connectivity index (χ2n) is 4.81. The first-order chi connectivity index (χ1) is 9.31. The molecule has 1 heterocycles. The van der Waals surface area contributed by atoms with Crippen molar-refractivity contribution in [2.75, 3.05) is 6.54 Å². The maximum absolute atomic E-state index is 11.8. The maximum Gasteiger partial charge on any atom is 0.226 e. The van der Waals surface area contributed by atoms with Gasteiger partial charge in [0.05, 0.1) is 17.6 Å². The van der Waals surface area contributed by atoms with Crippen molar-refractivity contribution >= 4 is 16.8 Å². The molecule has 4 nitrogen and oxygen atoms in total. The topological polar surface area (TPSA) is 57.8 Å². The van der Waals surface area contributed by atoms with Crippen LogP contribution in [-0.4, -0.2) is 22.6 Å². The highest BCUT2D eigenvalue weighted by atomic mass is 16.1. The summed E-state index contributed by atoms with van der Waals surface area (Å²) in [5.74, 6) is 0.0610. The van der Waals surface area contributed by atoms with E-state index >= 15 is 0 Å². The third-order valence-electron chi connectivity index (χ3n) is 3.23. The molecule has 0 saturated heterocycles. The highest BCUT2D eigenvalue weighted by molar-refractivity contribution is 5.87. The van der Waals surface area contributed by atoms with Crippen LogP contribution >= 0.6 is 0 Å². The Hall–Kier alpha value is -1.84. The van der Waals surface area contributed by atoms with Gasteiger partial charge in [0.15, 0.2) is 0 Å². The molecule has 2 aromatic rings. The van der Waals surface area contributed by atoms with Crippen LogP contribution in [0.3, 0.4) is 0 Å². The second-order valence-corrected chi connectivity index (χ2v) is 4.81. The summed E-state index contributed by atoms with van der Waals surface area (Å²) in [6.45, 7) is 2.95. The van der Waals surface area contributed by atoms with Crippen molar-refractivity contribution < 1.29 is 4.79 Å². The lowest BCUT2D eigenvalue weighted by Gasteiger charge is -2.04. The van der Waals surface area contributed by atoms with Crippen LogP contribution in [-0.2, 0) is 11.2 Å². The zero-order valence-corrected chi connectivity index (χ0v) is 11.4. The third kappa shape index (κ3) is 3.81. The molecule has 0 radical (unpaired) electrons. The molecule has 1 aromatic heterocycles. The molecule has 2 N–H and O–H groups in total. The minimum atomic E-state index is 0.0610. The van der Waals surface area contributed by atoms with Gasteiger partial charge in [-0.25, -0.2) is 0 Å². The highest BCUT2D eigenvalue weighted by Crippen LogP contribution is 2.15. The van der Waals surface area contributed by atoms with E-state index < -0.39 is 0 Å². The number of amides is 1. The molecule has 0 fully saturated rings. The molecule has 0 bridgehead atoms. The van der Waals surface area contributed by atoms with Crippen molar-refractivity contribution in [2.24, 2.45) is 0 Å². The van der Waals surface area contributed by atoms with Crippen molar-refractivity contribution in [3.63, 3.8) is 0 Å². The molecule has 0 aliphatic carbocycles. The van der Waals surface area contributed by atoms with E-state index in [0.29, 0.717) is 6.42 Å². The molecule has 102 valence electrons. The van der Waals surface area contributed by atoms with Crippen molar-refractivity contribution in [1.82, 2.24) is 15.5 Å². The van der Waals surface area contributed by atoms with Crippen LogP contribution in [0, 0.1) is 0 Å². The molecule has 1 amide bonds. The molecule has 4 heteroatoms. The Morgan fingerprint density at radius 2 is 2.11 bits per heavy atom. The molecule has 2 rings (SSSR count). The number of fused-ring (bicyclic) bond motifs is 1. The Balaban J connectivity index is 1.82. The van der Waals surface area contributed by atoms with Crippen LogP contribution in [0.4, 0.5) is 0 Å². The maximum atomic E-state index is 11.8. The number of para-hydroxylation sites is 1. The normalized spacial score (nSPS) is 10.8. The van der Waals surface area contributed by atoms with Gasteiger partial charge in [0.2, 0.25) is 5.91 Å². The van der Waals surface area contributed by atoms with Crippen LogP contribution in [0.5, 0.6) is 0 Å². The van der Waals surface area contributed by atoms with Gasteiger partial charge >= 0.3 is 0 Å². The highest BCUT2D eigenvalue weighted by Gasteiger charge is 2.08. The van der Waals surface area contributed by atoms with E-state index in [4.69, 9.17) is 0 Å². The zero-order chi connectivity index (χ0) is 13.5. The van der Waals surface area contributed by atoms with Gasteiger partial charge in [-0.15, -0.1) is 0 Å². The Kier molecular flexibility index (Phi) is 4.95. The van der Waals surface area contributed by atoms with Gasteiger partial charge in [0.1, 0.15) is 0 Å². The van der Waals surface area contributed by atoms with Crippen molar-refractivity contribution in [3.05, 3.63) is 30.0 Å². The monoisotopic (exact) mass is 259 g/mol. The van der Waals surface area contributed by atoms with Crippen molar-refractivity contribution in [1.29, 1.82) is 0 Å². The minimum absolute atomic E-state index is 0.0610. The first-order valence-corrected chi connectivity index (χ1v) is 7.00. The predicted molar refractivity (Wildman–Crippen MR) is 76.9 cm³/mol. The van der Waals surface area contributed by atoms with Crippen LogP contribution in [0.15, 0.2) is 24.3 Å². The van der Waals surface area contributed by atoms with Gasteiger partial charge in [0, 0.05) is 11.9 Å². The molecule has 0 unspecified atom stereocenters. The van der Waals surface area contributed by atoms with Gasteiger partial charge in [-0.05, 0) is 12.5 Å². The summed E-state index contributed by atoms with van der Waals surface area (Å²) in [5, 5.41) is 11.1. The fourth-order valence-corrected chi connectivity index (χ4v) is 2.15. The van der Waals surface area contributed by atoms with E-state index in [2.05, 4.69) is 22.4 Å². The standard InChI is InChI=1S/C15H21N3O/c1-2-3-4-7-10-16-15(19)11-14-12-8-5-6-9-13(12)17-18-14/h5-6,8-9H,2-4,7,10-11H2,1H3,(H,16,19)(H,17,18). The number of nitrogens with one attached hydrogen (secondary N) is 2. The lowest BCUT2D eigenvalue weighted by Crippen LogP contribution is -2.26. The van der Waals surface area contributed by atoms with Gasteiger partial charge in [-0.2, -0.15) is 5.10 Å². The Labute approximate surface area is 113 Å². The molecule has 0 saturated carbocycles. The van der Waals surface area contributed by atoms with Crippen LogP contribution in [0.2, 0.25) is 0 Å². The lowest BCUT2D eigenvalue weighted by atomic mass is 10.1. The number of unbranched alkanes of at least 4 members (excludes halogenated alkanes) is 3. The Bertz CT molecular complexity index is 533. The van der Waals surface area contributed by atoms with Gasteiger partial charge in [0.25, 0.3) is 0 Å². The summed E-state index contributed by atoms with van der Waals surface area (Å²) in [6, 6.07) is 7.84. The minimum Gasteiger partial charge on any atom is -0.356 e. The largest absolute Gasteiger partial charge is 0.356 e. The smallest absolute Gasteiger partial charge is 0.226 e. The number of hydrogen-bond acceptors (Lipinski definition) is 2. The quantitative estimate of drug-likeness (QED) is 0.751. The summed E-state index contributed by atoms with van der Waals surface area (Å²) in [7, 11) is 0. The average Bonchev–Trinajstić information content (AvgIpc) is 2.82. The number of nitrogens with zero attached hydrogens (tertiary/aromatic N) is 1. The van der Waals surface area contributed by atoms with Crippen molar-refractivity contribution in [2.45, 2.75) is 39.0 Å².